The van der Waals surface area contributed by atoms with Gasteiger partial charge in [0.05, 0.1) is 18.2 Å². The van der Waals surface area contributed by atoms with Crippen molar-refractivity contribution >= 4 is 34.4 Å². The highest BCUT2D eigenvalue weighted by molar-refractivity contribution is 7.15. The fourth-order valence-corrected chi connectivity index (χ4v) is 3.62. The number of hydrogen-bond donors (Lipinski definition) is 1. The molecule has 1 N–H and O–H groups in total. The molecule has 2 aromatic rings. The van der Waals surface area contributed by atoms with Gasteiger partial charge < -0.3 is 10.2 Å². The van der Waals surface area contributed by atoms with E-state index in [1.54, 1.807) is 11.1 Å². The van der Waals surface area contributed by atoms with Crippen LogP contribution in [-0.4, -0.2) is 21.7 Å². The lowest BCUT2D eigenvalue weighted by Gasteiger charge is -2.32. The molecule has 1 aromatic carbocycles. The first-order valence-corrected chi connectivity index (χ1v) is 8.57. The van der Waals surface area contributed by atoms with E-state index in [1.165, 1.54) is 18.3 Å². The number of amides is 2. The highest BCUT2D eigenvalue weighted by Gasteiger charge is 2.28. The topological polar surface area (TPSA) is 62.3 Å². The van der Waals surface area contributed by atoms with Crippen LogP contribution in [0.3, 0.4) is 0 Å². The average molecular weight is 341 g/mol. The van der Waals surface area contributed by atoms with Crippen LogP contribution in [0, 0.1) is 13.8 Å². The van der Waals surface area contributed by atoms with Crippen molar-refractivity contribution in [3.63, 3.8) is 0 Å². The molecular formula is C18H19N3O2S. The Bertz CT molecular complexity index is 806. The lowest BCUT2D eigenvalue weighted by molar-refractivity contribution is -0.129. The molecule has 2 heterocycles. The third-order valence-electron chi connectivity index (χ3n) is 4.12. The predicted octanol–water partition coefficient (Wildman–Crippen LogP) is 3.66. The van der Waals surface area contributed by atoms with Crippen molar-refractivity contribution in [2.75, 3.05) is 5.32 Å². The van der Waals surface area contributed by atoms with Gasteiger partial charge in [-0.3, -0.25) is 9.59 Å². The van der Waals surface area contributed by atoms with Crippen molar-refractivity contribution < 1.29 is 9.59 Å². The third kappa shape index (κ3) is 3.23. The number of hydrogen-bond acceptors (Lipinski definition) is 4. The monoisotopic (exact) mass is 341 g/mol. The van der Waals surface area contributed by atoms with Gasteiger partial charge in [0.2, 0.25) is 11.8 Å². The van der Waals surface area contributed by atoms with E-state index in [9.17, 15) is 9.59 Å². The van der Waals surface area contributed by atoms with Gasteiger partial charge >= 0.3 is 0 Å². The van der Waals surface area contributed by atoms with E-state index >= 15 is 0 Å². The van der Waals surface area contributed by atoms with E-state index in [1.807, 2.05) is 44.2 Å². The van der Waals surface area contributed by atoms with Gasteiger partial charge in [-0.15, -0.1) is 11.3 Å². The van der Waals surface area contributed by atoms with Crippen molar-refractivity contribution in [1.29, 1.82) is 0 Å². The Hall–Kier alpha value is -2.47. The number of thiazole rings is 1. The van der Waals surface area contributed by atoms with Crippen LogP contribution < -0.4 is 5.32 Å². The molecule has 3 rings (SSSR count). The number of aromatic nitrogens is 1. The second kappa shape index (κ2) is 6.57. The lowest BCUT2D eigenvalue weighted by Crippen LogP contribution is -2.33. The van der Waals surface area contributed by atoms with E-state index in [2.05, 4.69) is 10.3 Å². The third-order valence-corrected chi connectivity index (χ3v) is 5.11. The van der Waals surface area contributed by atoms with Crippen molar-refractivity contribution in [3.05, 3.63) is 52.2 Å². The van der Waals surface area contributed by atoms with Gasteiger partial charge in [-0.25, -0.2) is 4.98 Å². The lowest BCUT2D eigenvalue weighted by atomic mass is 9.93. The largest absolute Gasteiger partial charge is 0.311 e. The fourth-order valence-electron chi connectivity index (χ4n) is 2.79. The Morgan fingerprint density at radius 2 is 2.04 bits per heavy atom. The molecule has 1 unspecified atom stereocenters. The number of carbonyl (C=O) groups is 2. The van der Waals surface area contributed by atoms with Gasteiger partial charge in [-0.1, -0.05) is 24.3 Å². The number of nitrogens with zero attached hydrogens (tertiary/aromatic N) is 2. The van der Waals surface area contributed by atoms with Crippen molar-refractivity contribution in [2.45, 2.75) is 33.2 Å². The summed E-state index contributed by atoms with van der Waals surface area (Å²) >= 11 is 1.46. The van der Waals surface area contributed by atoms with Crippen LogP contribution in [0.1, 0.15) is 41.1 Å². The molecule has 0 fully saturated rings. The SMILES string of the molecule is CC(=O)N1C=Cc2ccccc2C1CC(=O)Nc1nc(C)c(C)s1. The highest BCUT2D eigenvalue weighted by atomic mass is 32.1. The van der Waals surface area contributed by atoms with Gasteiger partial charge in [-0.05, 0) is 31.1 Å². The van der Waals surface area contributed by atoms with Crippen LogP contribution in [-0.2, 0) is 9.59 Å². The fraction of sp³-hybridized carbons (Fsp3) is 0.278. The first kappa shape index (κ1) is 16.4. The average Bonchev–Trinajstić information content (AvgIpc) is 2.85. The number of anilines is 1. The summed E-state index contributed by atoms with van der Waals surface area (Å²) in [6, 6.07) is 7.53. The first-order valence-electron chi connectivity index (χ1n) is 7.75. The molecule has 0 saturated carbocycles. The minimum atomic E-state index is -0.300. The van der Waals surface area contributed by atoms with Crippen molar-refractivity contribution in [3.8, 4) is 0 Å². The van der Waals surface area contributed by atoms with E-state index in [4.69, 9.17) is 0 Å². The Labute approximate surface area is 145 Å². The molecular weight excluding hydrogens is 322 g/mol. The number of carbonyl (C=O) groups excluding carboxylic acids is 2. The smallest absolute Gasteiger partial charge is 0.228 e. The molecule has 2 amide bonds. The summed E-state index contributed by atoms with van der Waals surface area (Å²) in [7, 11) is 0. The molecule has 0 radical (unpaired) electrons. The molecule has 1 aliphatic rings. The maximum absolute atomic E-state index is 12.5. The number of benzene rings is 1. The quantitative estimate of drug-likeness (QED) is 0.926. The standard InChI is InChI=1S/C18H19N3O2S/c1-11-12(2)24-18(19-11)20-17(23)10-16-15-7-5-4-6-14(15)8-9-21(16)13(3)22/h4-9,16H,10H2,1-3H3,(H,19,20,23). The van der Waals surface area contributed by atoms with Crippen molar-refractivity contribution in [1.82, 2.24) is 9.88 Å². The van der Waals surface area contributed by atoms with Crippen molar-refractivity contribution in [2.24, 2.45) is 0 Å². The molecule has 0 saturated heterocycles. The number of rotatable bonds is 3. The zero-order valence-corrected chi connectivity index (χ0v) is 14.7. The number of fused-ring (bicyclic) bond motifs is 1. The van der Waals surface area contributed by atoms with Crippen LogP contribution in [0.15, 0.2) is 30.5 Å². The molecule has 1 atom stereocenters. The Morgan fingerprint density at radius 1 is 1.29 bits per heavy atom. The zero-order chi connectivity index (χ0) is 17.3. The maximum atomic E-state index is 12.5. The van der Waals surface area contributed by atoms with Crippen LogP contribution in [0.2, 0.25) is 0 Å². The normalized spacial score (nSPS) is 16.0. The highest BCUT2D eigenvalue weighted by Crippen LogP contribution is 2.33. The van der Waals surface area contributed by atoms with Crippen LogP contribution in [0.4, 0.5) is 5.13 Å². The summed E-state index contributed by atoms with van der Waals surface area (Å²) in [5.74, 6) is -0.232. The summed E-state index contributed by atoms with van der Waals surface area (Å²) in [5.41, 5.74) is 2.94. The Kier molecular flexibility index (Phi) is 4.49. The first-order chi connectivity index (χ1) is 11.5. The van der Waals surface area contributed by atoms with Crippen LogP contribution in [0.25, 0.3) is 6.08 Å². The van der Waals surface area contributed by atoms with Gasteiger partial charge in [0, 0.05) is 18.0 Å². The number of nitrogens with one attached hydrogen (secondary N) is 1. The molecule has 6 heteroatoms. The summed E-state index contributed by atoms with van der Waals surface area (Å²) in [6.07, 6.45) is 3.84. The maximum Gasteiger partial charge on any atom is 0.228 e. The Morgan fingerprint density at radius 3 is 2.71 bits per heavy atom. The second-order valence-corrected chi connectivity index (χ2v) is 7.00. The molecule has 124 valence electrons. The number of aryl methyl sites for hydroxylation is 2. The second-order valence-electron chi connectivity index (χ2n) is 5.80. The van der Waals surface area contributed by atoms with E-state index < -0.39 is 0 Å². The molecule has 0 aliphatic carbocycles. The summed E-state index contributed by atoms with van der Waals surface area (Å²) < 4.78 is 0. The summed E-state index contributed by atoms with van der Waals surface area (Å²) in [5, 5.41) is 3.45. The summed E-state index contributed by atoms with van der Waals surface area (Å²) in [4.78, 5) is 31.4. The molecule has 0 spiro atoms. The van der Waals surface area contributed by atoms with Gasteiger partial charge in [0.1, 0.15) is 0 Å². The van der Waals surface area contributed by atoms with E-state index in [-0.39, 0.29) is 24.3 Å². The summed E-state index contributed by atoms with van der Waals surface area (Å²) in [6.45, 7) is 5.40. The zero-order valence-electron chi connectivity index (χ0n) is 13.9. The van der Waals surface area contributed by atoms with E-state index in [0.29, 0.717) is 5.13 Å². The Balaban J connectivity index is 1.81. The van der Waals surface area contributed by atoms with E-state index in [0.717, 1.165) is 21.7 Å². The van der Waals surface area contributed by atoms with Crippen LogP contribution in [0.5, 0.6) is 0 Å². The predicted molar refractivity (Wildman–Crippen MR) is 95.6 cm³/mol. The molecule has 0 bridgehead atoms. The molecule has 1 aromatic heterocycles. The van der Waals surface area contributed by atoms with Crippen LogP contribution >= 0.6 is 11.3 Å². The molecule has 1 aliphatic heterocycles. The minimum Gasteiger partial charge on any atom is -0.311 e. The minimum absolute atomic E-state index is 0.0838. The van der Waals surface area contributed by atoms with Gasteiger partial charge in [0.15, 0.2) is 5.13 Å². The van der Waals surface area contributed by atoms with Gasteiger partial charge in [0.25, 0.3) is 0 Å². The molecule has 24 heavy (non-hydrogen) atoms. The van der Waals surface area contributed by atoms with Gasteiger partial charge in [-0.2, -0.15) is 0 Å². The molecule has 5 nitrogen and oxygen atoms in total.